The molecule has 0 bridgehead atoms. The van der Waals surface area contributed by atoms with Crippen molar-refractivity contribution in [2.24, 2.45) is 0 Å². The van der Waals surface area contributed by atoms with E-state index in [4.69, 9.17) is 5.10 Å². The van der Waals surface area contributed by atoms with Crippen LogP contribution in [0.2, 0.25) is 0 Å². The van der Waals surface area contributed by atoms with Gasteiger partial charge in [0.15, 0.2) is 0 Å². The zero-order valence-corrected chi connectivity index (χ0v) is 16.9. The molecule has 0 spiro atoms. The Hall–Kier alpha value is -3.52. The highest BCUT2D eigenvalue weighted by molar-refractivity contribution is 5.82. The number of amides is 1. The molecule has 1 amide bonds. The van der Waals surface area contributed by atoms with E-state index in [0.717, 1.165) is 29.9 Å². The smallest absolute Gasteiger partial charge is 0.269 e. The number of carbonyl (C=O) groups excluding carboxylic acids is 1. The Morgan fingerprint density at radius 2 is 1.80 bits per heavy atom. The van der Waals surface area contributed by atoms with Crippen LogP contribution in [-0.2, 0) is 11.2 Å². The minimum absolute atomic E-state index is 0.0224. The monoisotopic (exact) mass is 405 g/mol. The van der Waals surface area contributed by atoms with Crippen molar-refractivity contribution in [3.8, 4) is 16.9 Å². The van der Waals surface area contributed by atoms with E-state index in [1.54, 1.807) is 16.8 Å². The summed E-state index contributed by atoms with van der Waals surface area (Å²) in [7, 11) is 4.03. The normalized spacial score (nSPS) is 14.0. The van der Waals surface area contributed by atoms with Gasteiger partial charge in [0.25, 0.3) is 5.69 Å². The van der Waals surface area contributed by atoms with Gasteiger partial charge in [-0.1, -0.05) is 18.2 Å². The van der Waals surface area contributed by atoms with E-state index in [1.165, 1.54) is 12.1 Å². The predicted octanol–water partition coefficient (Wildman–Crippen LogP) is 2.76. The number of hydrogen-bond donors (Lipinski definition) is 0. The third-order valence-corrected chi connectivity index (χ3v) is 5.45. The van der Waals surface area contributed by atoms with Gasteiger partial charge in [0.2, 0.25) is 5.91 Å². The van der Waals surface area contributed by atoms with Gasteiger partial charge in [0.05, 0.1) is 22.7 Å². The third kappa shape index (κ3) is 3.95. The zero-order valence-electron chi connectivity index (χ0n) is 16.9. The first-order valence-corrected chi connectivity index (χ1v) is 9.75. The van der Waals surface area contributed by atoms with Crippen molar-refractivity contribution in [2.45, 2.75) is 12.5 Å². The first-order valence-electron chi connectivity index (χ1n) is 9.75. The van der Waals surface area contributed by atoms with Gasteiger partial charge in [-0.05, 0) is 38.4 Å². The fourth-order valence-corrected chi connectivity index (χ4v) is 3.50. The van der Waals surface area contributed by atoms with E-state index >= 15 is 0 Å². The van der Waals surface area contributed by atoms with Crippen LogP contribution in [0.5, 0.6) is 0 Å². The summed E-state index contributed by atoms with van der Waals surface area (Å²) in [6.45, 7) is 1.46. The molecule has 1 aromatic heterocycles. The van der Waals surface area contributed by atoms with Gasteiger partial charge in [-0.25, -0.2) is 4.68 Å². The zero-order chi connectivity index (χ0) is 21.3. The van der Waals surface area contributed by atoms with Gasteiger partial charge >= 0.3 is 0 Å². The Bertz CT molecular complexity index is 1050. The average molecular weight is 405 g/mol. The van der Waals surface area contributed by atoms with Crippen LogP contribution >= 0.6 is 0 Å². The van der Waals surface area contributed by atoms with Gasteiger partial charge in [-0.15, -0.1) is 0 Å². The van der Waals surface area contributed by atoms with Crippen molar-refractivity contribution in [3.05, 3.63) is 76.5 Å². The minimum atomic E-state index is -0.429. The summed E-state index contributed by atoms with van der Waals surface area (Å²) < 4.78 is 1.75. The maximum Gasteiger partial charge on any atom is 0.269 e. The maximum atomic E-state index is 12.8. The Balaban J connectivity index is 1.63. The molecule has 0 radical (unpaired) electrons. The minimum Gasteiger partial charge on any atom is -0.339 e. The summed E-state index contributed by atoms with van der Waals surface area (Å²) in [4.78, 5) is 27.3. The quantitative estimate of drug-likeness (QED) is 0.465. The SMILES string of the molecule is CN(C)C1CN(C(=O)Cc2cn(-c3ccccc3)nc2-c2ccc([N+](=O)[O-])cc2)C1. The molecule has 8 heteroatoms. The Morgan fingerprint density at radius 1 is 1.13 bits per heavy atom. The number of hydrogen-bond acceptors (Lipinski definition) is 5. The van der Waals surface area contributed by atoms with E-state index in [1.807, 2.05) is 55.5 Å². The summed E-state index contributed by atoms with van der Waals surface area (Å²) in [5.41, 5.74) is 3.11. The Morgan fingerprint density at radius 3 is 2.40 bits per heavy atom. The lowest BCUT2D eigenvalue weighted by atomic mass is 10.0. The van der Waals surface area contributed by atoms with Crippen molar-refractivity contribution in [3.63, 3.8) is 0 Å². The van der Waals surface area contributed by atoms with E-state index in [0.29, 0.717) is 11.7 Å². The first-order chi connectivity index (χ1) is 14.4. The fraction of sp³-hybridized carbons (Fsp3) is 0.273. The average Bonchev–Trinajstić information content (AvgIpc) is 3.11. The molecule has 1 fully saturated rings. The molecule has 2 heterocycles. The second-order valence-electron chi connectivity index (χ2n) is 7.68. The number of likely N-dealkylation sites (N-methyl/N-ethyl adjacent to an activating group) is 1. The van der Waals surface area contributed by atoms with Crippen molar-refractivity contribution >= 4 is 11.6 Å². The van der Waals surface area contributed by atoms with Crippen LogP contribution in [0.15, 0.2) is 60.8 Å². The standard InChI is InChI=1S/C22H23N5O3/c1-24(2)20-14-25(15-20)21(28)12-17-13-26(18-6-4-3-5-7-18)23-22(17)16-8-10-19(11-9-16)27(29)30/h3-11,13,20H,12,14-15H2,1-2H3. The van der Waals surface area contributed by atoms with E-state index in [9.17, 15) is 14.9 Å². The fourth-order valence-electron chi connectivity index (χ4n) is 3.50. The third-order valence-electron chi connectivity index (χ3n) is 5.45. The summed E-state index contributed by atoms with van der Waals surface area (Å²) in [5.74, 6) is 0.0591. The molecule has 2 aromatic carbocycles. The van der Waals surface area contributed by atoms with Crippen molar-refractivity contribution in [2.75, 3.05) is 27.2 Å². The second kappa shape index (κ2) is 8.08. The number of nitrogens with zero attached hydrogens (tertiary/aromatic N) is 5. The van der Waals surface area contributed by atoms with Crippen molar-refractivity contribution in [1.82, 2.24) is 19.6 Å². The highest BCUT2D eigenvalue weighted by atomic mass is 16.6. The van der Waals surface area contributed by atoms with Crippen molar-refractivity contribution in [1.29, 1.82) is 0 Å². The van der Waals surface area contributed by atoms with Crippen LogP contribution < -0.4 is 0 Å². The Labute approximate surface area is 174 Å². The predicted molar refractivity (Wildman–Crippen MR) is 113 cm³/mol. The van der Waals surface area contributed by atoms with Gasteiger partial charge < -0.3 is 9.80 Å². The van der Waals surface area contributed by atoms with Crippen LogP contribution in [0, 0.1) is 10.1 Å². The van der Waals surface area contributed by atoms with Crippen LogP contribution in [-0.4, -0.2) is 63.6 Å². The molecule has 1 aliphatic rings. The number of rotatable bonds is 6. The van der Waals surface area contributed by atoms with E-state index < -0.39 is 4.92 Å². The van der Waals surface area contributed by atoms with Crippen molar-refractivity contribution < 1.29 is 9.72 Å². The number of non-ortho nitro benzene ring substituents is 1. The topological polar surface area (TPSA) is 84.5 Å². The summed E-state index contributed by atoms with van der Waals surface area (Å²) in [5, 5.41) is 15.7. The lowest BCUT2D eigenvalue weighted by Gasteiger charge is -2.42. The summed E-state index contributed by atoms with van der Waals surface area (Å²) >= 11 is 0. The molecule has 154 valence electrons. The molecule has 1 aliphatic heterocycles. The second-order valence-corrected chi connectivity index (χ2v) is 7.68. The highest BCUT2D eigenvalue weighted by Crippen LogP contribution is 2.27. The van der Waals surface area contributed by atoms with Gasteiger partial charge in [0.1, 0.15) is 0 Å². The number of likely N-dealkylation sites (tertiary alicyclic amines) is 1. The highest BCUT2D eigenvalue weighted by Gasteiger charge is 2.32. The molecule has 0 N–H and O–H groups in total. The van der Waals surface area contributed by atoms with E-state index in [-0.39, 0.29) is 18.0 Å². The number of aromatic nitrogens is 2. The van der Waals surface area contributed by atoms with Crippen LogP contribution in [0.25, 0.3) is 16.9 Å². The number of nitro benzene ring substituents is 1. The maximum absolute atomic E-state index is 12.8. The largest absolute Gasteiger partial charge is 0.339 e. The van der Waals surface area contributed by atoms with Crippen LogP contribution in [0.3, 0.4) is 0 Å². The molecular weight excluding hydrogens is 382 g/mol. The van der Waals surface area contributed by atoms with Gasteiger partial charge in [0, 0.05) is 48.6 Å². The first kappa shape index (κ1) is 19.8. The molecule has 1 saturated heterocycles. The number of para-hydroxylation sites is 1. The van der Waals surface area contributed by atoms with Crippen LogP contribution in [0.4, 0.5) is 5.69 Å². The molecule has 8 nitrogen and oxygen atoms in total. The molecule has 0 aliphatic carbocycles. The lowest BCUT2D eigenvalue weighted by molar-refractivity contribution is -0.384. The lowest BCUT2D eigenvalue weighted by Crippen LogP contribution is -2.59. The number of carbonyl (C=O) groups is 1. The molecule has 3 aromatic rings. The molecule has 0 unspecified atom stereocenters. The van der Waals surface area contributed by atoms with Gasteiger partial charge in [-0.2, -0.15) is 5.10 Å². The van der Waals surface area contributed by atoms with E-state index in [2.05, 4.69) is 4.90 Å². The Kier molecular flexibility index (Phi) is 5.33. The summed E-state index contributed by atoms with van der Waals surface area (Å²) in [6, 6.07) is 16.3. The molecular formula is C22H23N5O3. The molecule has 0 saturated carbocycles. The molecule has 30 heavy (non-hydrogen) atoms. The number of benzene rings is 2. The molecule has 4 rings (SSSR count). The van der Waals surface area contributed by atoms with Crippen LogP contribution in [0.1, 0.15) is 5.56 Å². The summed E-state index contributed by atoms with van der Waals surface area (Å²) in [6.07, 6.45) is 2.10. The number of nitro groups is 1. The van der Waals surface area contributed by atoms with Gasteiger partial charge in [-0.3, -0.25) is 14.9 Å². The molecule has 0 atom stereocenters.